The van der Waals surface area contributed by atoms with Crippen LogP contribution in [0.15, 0.2) is 48.2 Å². The van der Waals surface area contributed by atoms with Crippen molar-refractivity contribution >= 4 is 18.0 Å². The van der Waals surface area contributed by atoms with Crippen molar-refractivity contribution in [1.82, 2.24) is 0 Å². The first-order valence-corrected chi connectivity index (χ1v) is 6.95. The molecule has 0 aromatic heterocycles. The maximum atomic E-state index is 12.7. The summed E-state index contributed by atoms with van der Waals surface area (Å²) in [5.41, 5.74) is -1.61. The number of ether oxygens (including phenoxy) is 1. The second-order valence-corrected chi connectivity index (χ2v) is 5.00. The molecule has 6 nitrogen and oxygen atoms in total. The molecule has 2 rings (SSSR count). The zero-order chi connectivity index (χ0) is 19.5. The first-order valence-electron chi connectivity index (χ1n) is 6.95. The zero-order valence-electron chi connectivity index (χ0n) is 12.8. The Morgan fingerprint density at radius 1 is 1.04 bits per heavy atom. The molecule has 136 valence electrons. The van der Waals surface area contributed by atoms with E-state index in [1.807, 2.05) is 0 Å². The van der Waals surface area contributed by atoms with E-state index < -0.39 is 46.5 Å². The summed E-state index contributed by atoms with van der Waals surface area (Å²) in [5, 5.41) is 27.9. The quantitative estimate of drug-likeness (QED) is 0.550. The number of carbonyl (C=O) groups is 2. The fourth-order valence-electron chi connectivity index (χ4n) is 1.99. The summed E-state index contributed by atoms with van der Waals surface area (Å²) in [5.74, 6) is -5.17. The molecule has 0 aliphatic carbocycles. The molecule has 0 unspecified atom stereocenters. The van der Waals surface area contributed by atoms with Gasteiger partial charge in [-0.25, -0.2) is 9.59 Å². The third-order valence-corrected chi connectivity index (χ3v) is 3.17. The van der Waals surface area contributed by atoms with E-state index in [4.69, 9.17) is 9.84 Å². The van der Waals surface area contributed by atoms with Gasteiger partial charge < -0.3 is 20.1 Å². The number of carboxylic acid groups (broad SMARTS) is 2. The minimum atomic E-state index is -4.61. The summed E-state index contributed by atoms with van der Waals surface area (Å²) in [6.45, 7) is 0. The van der Waals surface area contributed by atoms with E-state index >= 15 is 0 Å². The minimum Gasteiger partial charge on any atom is -0.504 e. The fourth-order valence-corrected chi connectivity index (χ4v) is 1.99. The normalized spacial score (nSPS) is 11.9. The van der Waals surface area contributed by atoms with Gasteiger partial charge >= 0.3 is 18.1 Å². The lowest BCUT2D eigenvalue weighted by molar-refractivity contribution is -0.137. The number of benzene rings is 2. The molecular weight excluding hydrogens is 357 g/mol. The maximum absolute atomic E-state index is 12.7. The maximum Gasteiger partial charge on any atom is 0.416 e. The lowest BCUT2D eigenvalue weighted by Crippen LogP contribution is -2.09. The topological polar surface area (TPSA) is 104 Å². The Kier molecular flexibility index (Phi) is 5.20. The highest BCUT2D eigenvalue weighted by molar-refractivity contribution is 5.93. The molecule has 2 aromatic carbocycles. The molecule has 0 aliphatic heterocycles. The molecule has 0 amide bonds. The van der Waals surface area contributed by atoms with Crippen LogP contribution in [0.3, 0.4) is 0 Å². The minimum absolute atomic E-state index is 0.105. The van der Waals surface area contributed by atoms with Gasteiger partial charge in [-0.05, 0) is 35.9 Å². The molecule has 0 bridgehead atoms. The molecular formula is C17H11F3O6. The summed E-state index contributed by atoms with van der Waals surface area (Å²) < 4.78 is 43.2. The number of para-hydroxylation sites is 1. The Labute approximate surface area is 144 Å². The molecule has 0 heterocycles. The van der Waals surface area contributed by atoms with Crippen molar-refractivity contribution in [2.75, 3.05) is 0 Å². The highest BCUT2D eigenvalue weighted by atomic mass is 19.4. The molecule has 0 spiro atoms. The number of alkyl halides is 3. The van der Waals surface area contributed by atoms with Gasteiger partial charge in [0, 0.05) is 0 Å². The smallest absolute Gasteiger partial charge is 0.416 e. The van der Waals surface area contributed by atoms with Crippen molar-refractivity contribution in [2.24, 2.45) is 0 Å². The number of aliphatic carboxylic acids is 1. The average Bonchev–Trinajstić information content (AvgIpc) is 2.55. The third kappa shape index (κ3) is 4.32. The van der Waals surface area contributed by atoms with Crippen LogP contribution < -0.4 is 4.74 Å². The van der Waals surface area contributed by atoms with Crippen molar-refractivity contribution in [1.29, 1.82) is 0 Å². The van der Waals surface area contributed by atoms with E-state index in [1.54, 1.807) is 0 Å². The molecule has 26 heavy (non-hydrogen) atoms. The Morgan fingerprint density at radius 2 is 1.69 bits per heavy atom. The Morgan fingerprint density at radius 3 is 2.27 bits per heavy atom. The van der Waals surface area contributed by atoms with Crippen molar-refractivity contribution in [2.45, 2.75) is 6.18 Å². The molecule has 2 aromatic rings. The summed E-state index contributed by atoms with van der Waals surface area (Å²) in [4.78, 5) is 22.3. The molecule has 0 radical (unpaired) electrons. The van der Waals surface area contributed by atoms with Gasteiger partial charge in [-0.15, -0.1) is 0 Å². The van der Waals surface area contributed by atoms with Crippen LogP contribution >= 0.6 is 0 Å². The second kappa shape index (κ2) is 7.18. The van der Waals surface area contributed by atoms with Crippen LogP contribution in [0.25, 0.3) is 6.08 Å². The summed E-state index contributed by atoms with van der Waals surface area (Å²) in [6.07, 6.45) is -3.79. The molecule has 0 saturated carbocycles. The van der Waals surface area contributed by atoms with Crippen LogP contribution in [0.5, 0.6) is 11.5 Å². The predicted octanol–water partition coefficient (Wildman–Crippen LogP) is 3.61. The largest absolute Gasteiger partial charge is 0.504 e. The second-order valence-electron chi connectivity index (χ2n) is 5.00. The summed E-state index contributed by atoms with van der Waals surface area (Å²) in [6, 6.07) is 7.26. The van der Waals surface area contributed by atoms with Gasteiger partial charge in [-0.2, -0.15) is 13.2 Å². The Hall–Kier alpha value is -3.49. The molecule has 0 atom stereocenters. The Bertz CT molecular complexity index is 886. The van der Waals surface area contributed by atoms with Crippen LogP contribution in [-0.4, -0.2) is 27.3 Å². The molecule has 0 saturated heterocycles. The molecule has 3 N–H and O–H groups in total. The van der Waals surface area contributed by atoms with Crippen LogP contribution in [-0.2, 0) is 11.0 Å². The fraction of sp³-hybridized carbons (Fsp3) is 0.0588. The standard InChI is InChI=1S/C17H11F3O6/c18-17(19,20)10-4-1-3-9(7-10)8-13(16(24)25)26-12-6-2-5-11(14(12)21)15(22)23/h1-8,21H,(H,22,23)(H,24,25)/b13-8-. The number of aromatic carboxylic acids is 1. The van der Waals surface area contributed by atoms with Crippen LogP contribution in [0.1, 0.15) is 21.5 Å². The molecule has 0 fully saturated rings. The number of halogens is 3. The van der Waals surface area contributed by atoms with E-state index in [1.165, 1.54) is 12.1 Å². The van der Waals surface area contributed by atoms with Gasteiger partial charge in [-0.3, -0.25) is 0 Å². The number of rotatable bonds is 5. The lowest BCUT2D eigenvalue weighted by atomic mass is 10.1. The average molecular weight is 368 g/mol. The van der Waals surface area contributed by atoms with Crippen LogP contribution in [0, 0.1) is 0 Å². The van der Waals surface area contributed by atoms with Gasteiger partial charge in [0.25, 0.3) is 0 Å². The van der Waals surface area contributed by atoms with E-state index in [0.717, 1.165) is 36.4 Å². The van der Waals surface area contributed by atoms with Crippen molar-refractivity contribution < 1.29 is 42.8 Å². The third-order valence-electron chi connectivity index (χ3n) is 3.17. The van der Waals surface area contributed by atoms with Crippen molar-refractivity contribution in [3.05, 3.63) is 64.9 Å². The first-order chi connectivity index (χ1) is 12.1. The first kappa shape index (κ1) is 18.8. The summed E-state index contributed by atoms with van der Waals surface area (Å²) >= 11 is 0. The highest BCUT2D eigenvalue weighted by Gasteiger charge is 2.30. The van der Waals surface area contributed by atoms with Crippen LogP contribution in [0.4, 0.5) is 13.2 Å². The Balaban J connectivity index is 2.42. The summed E-state index contributed by atoms with van der Waals surface area (Å²) in [7, 11) is 0. The van der Waals surface area contributed by atoms with Gasteiger partial charge in [0.05, 0.1) is 5.56 Å². The van der Waals surface area contributed by atoms with E-state index in [9.17, 15) is 33.0 Å². The SMILES string of the molecule is O=C(O)/C(=C/c1cccc(C(F)(F)F)c1)Oc1cccc(C(=O)O)c1O. The van der Waals surface area contributed by atoms with E-state index in [0.29, 0.717) is 0 Å². The van der Waals surface area contributed by atoms with Crippen LogP contribution in [0.2, 0.25) is 0 Å². The molecule has 0 aliphatic rings. The number of aromatic hydroxyl groups is 1. The lowest BCUT2D eigenvalue weighted by Gasteiger charge is -2.10. The number of carboxylic acids is 2. The van der Waals surface area contributed by atoms with E-state index in [-0.39, 0.29) is 5.56 Å². The zero-order valence-corrected chi connectivity index (χ0v) is 12.8. The van der Waals surface area contributed by atoms with Crippen molar-refractivity contribution in [3.8, 4) is 11.5 Å². The molecule has 9 heteroatoms. The monoisotopic (exact) mass is 368 g/mol. The van der Waals surface area contributed by atoms with Gasteiger partial charge in [0.1, 0.15) is 5.56 Å². The van der Waals surface area contributed by atoms with Gasteiger partial charge in [0.15, 0.2) is 11.5 Å². The van der Waals surface area contributed by atoms with Gasteiger partial charge in [0.2, 0.25) is 5.76 Å². The number of hydrogen-bond donors (Lipinski definition) is 3. The van der Waals surface area contributed by atoms with Crippen molar-refractivity contribution in [3.63, 3.8) is 0 Å². The van der Waals surface area contributed by atoms with Gasteiger partial charge in [-0.1, -0.05) is 18.2 Å². The van der Waals surface area contributed by atoms with E-state index in [2.05, 4.69) is 0 Å². The number of phenols is 1. The number of hydrogen-bond acceptors (Lipinski definition) is 4. The predicted molar refractivity (Wildman–Crippen MR) is 82.8 cm³/mol. The highest BCUT2D eigenvalue weighted by Crippen LogP contribution is 2.32.